The van der Waals surface area contributed by atoms with Crippen molar-refractivity contribution in [2.45, 2.75) is 45.3 Å². The van der Waals surface area contributed by atoms with Gasteiger partial charge in [0.25, 0.3) is 0 Å². The minimum Gasteiger partial charge on any atom is -0.459 e. The van der Waals surface area contributed by atoms with E-state index >= 15 is 0 Å². The van der Waals surface area contributed by atoms with Gasteiger partial charge in [0, 0.05) is 26.2 Å². The first-order chi connectivity index (χ1) is 8.38. The Morgan fingerprint density at radius 2 is 2.00 bits per heavy atom. The molecule has 0 aromatic rings. The summed E-state index contributed by atoms with van der Waals surface area (Å²) in [5.41, 5.74) is 5.38. The molecule has 1 atom stereocenters. The second-order valence-electron chi connectivity index (χ2n) is 5.87. The Balaban J connectivity index is 2.15. The zero-order valence-corrected chi connectivity index (χ0v) is 11.9. The molecule has 0 aromatic heterocycles. The standard InChI is InChI=1S/C13H27N3O2/c1-13(2,3)18-12(17)11(14)5-4-8-16-9-6-15-7-10-16/h11,15H,4-10,14H2,1-3H3/t11-/m1/s1. The molecule has 3 N–H and O–H groups in total. The molecule has 1 heterocycles. The van der Waals surface area contributed by atoms with Crippen LogP contribution >= 0.6 is 0 Å². The van der Waals surface area contributed by atoms with Gasteiger partial charge >= 0.3 is 5.97 Å². The van der Waals surface area contributed by atoms with Crippen LogP contribution in [0, 0.1) is 0 Å². The topological polar surface area (TPSA) is 67.6 Å². The van der Waals surface area contributed by atoms with E-state index in [1.807, 2.05) is 20.8 Å². The van der Waals surface area contributed by atoms with Gasteiger partial charge in [0.2, 0.25) is 0 Å². The summed E-state index contributed by atoms with van der Waals surface area (Å²) in [7, 11) is 0. The van der Waals surface area contributed by atoms with Gasteiger partial charge in [-0.25, -0.2) is 0 Å². The first-order valence-corrected chi connectivity index (χ1v) is 6.80. The van der Waals surface area contributed by atoms with E-state index in [1.165, 1.54) is 0 Å². The molecular formula is C13H27N3O2. The lowest BCUT2D eigenvalue weighted by Crippen LogP contribution is -2.44. The third-order valence-electron chi connectivity index (χ3n) is 2.91. The van der Waals surface area contributed by atoms with Crippen LogP contribution in [-0.4, -0.2) is 55.2 Å². The molecule has 5 heteroatoms. The fraction of sp³-hybridized carbons (Fsp3) is 0.923. The fourth-order valence-electron chi connectivity index (χ4n) is 1.96. The van der Waals surface area contributed by atoms with Crippen molar-refractivity contribution in [1.29, 1.82) is 0 Å². The van der Waals surface area contributed by atoms with Crippen molar-refractivity contribution in [2.24, 2.45) is 5.73 Å². The minimum absolute atomic E-state index is 0.289. The second-order valence-corrected chi connectivity index (χ2v) is 5.87. The summed E-state index contributed by atoms with van der Waals surface area (Å²) in [5.74, 6) is -0.289. The first-order valence-electron chi connectivity index (χ1n) is 6.80. The molecule has 106 valence electrons. The number of esters is 1. The molecule has 1 fully saturated rings. The predicted molar refractivity (Wildman–Crippen MR) is 72.4 cm³/mol. The lowest BCUT2D eigenvalue weighted by molar-refractivity contribution is -0.156. The number of nitrogens with two attached hydrogens (primary N) is 1. The van der Waals surface area contributed by atoms with E-state index in [1.54, 1.807) is 0 Å². The molecule has 0 radical (unpaired) electrons. The number of hydrogen-bond donors (Lipinski definition) is 2. The SMILES string of the molecule is CC(C)(C)OC(=O)[C@H](N)CCCN1CCNCC1. The van der Waals surface area contributed by atoms with Crippen molar-refractivity contribution in [3.8, 4) is 0 Å². The van der Waals surface area contributed by atoms with Crippen LogP contribution in [0.5, 0.6) is 0 Å². The Morgan fingerprint density at radius 1 is 1.39 bits per heavy atom. The van der Waals surface area contributed by atoms with Crippen molar-refractivity contribution in [2.75, 3.05) is 32.7 Å². The Morgan fingerprint density at radius 3 is 2.56 bits per heavy atom. The first kappa shape index (κ1) is 15.4. The van der Waals surface area contributed by atoms with E-state index in [-0.39, 0.29) is 5.97 Å². The van der Waals surface area contributed by atoms with Gasteiger partial charge in [-0.2, -0.15) is 0 Å². The van der Waals surface area contributed by atoms with Gasteiger partial charge in [-0.05, 0) is 40.2 Å². The van der Waals surface area contributed by atoms with Crippen LogP contribution in [0.3, 0.4) is 0 Å². The van der Waals surface area contributed by atoms with Crippen molar-refractivity contribution in [3.05, 3.63) is 0 Å². The van der Waals surface area contributed by atoms with Crippen LogP contribution in [0.1, 0.15) is 33.6 Å². The highest BCUT2D eigenvalue weighted by molar-refractivity contribution is 5.75. The lowest BCUT2D eigenvalue weighted by Gasteiger charge is -2.27. The van der Waals surface area contributed by atoms with Gasteiger partial charge in [-0.3, -0.25) is 4.79 Å². The maximum Gasteiger partial charge on any atom is 0.323 e. The highest BCUT2D eigenvalue weighted by Gasteiger charge is 2.22. The zero-order valence-electron chi connectivity index (χ0n) is 11.9. The van der Waals surface area contributed by atoms with Gasteiger partial charge < -0.3 is 20.7 Å². The van der Waals surface area contributed by atoms with Crippen molar-refractivity contribution in [1.82, 2.24) is 10.2 Å². The summed E-state index contributed by atoms with van der Waals surface area (Å²) < 4.78 is 5.25. The zero-order chi connectivity index (χ0) is 13.6. The minimum atomic E-state index is -0.493. The summed E-state index contributed by atoms with van der Waals surface area (Å²) in [6.07, 6.45) is 1.64. The van der Waals surface area contributed by atoms with E-state index in [0.29, 0.717) is 6.42 Å². The highest BCUT2D eigenvalue weighted by Crippen LogP contribution is 2.10. The van der Waals surface area contributed by atoms with Crippen LogP contribution < -0.4 is 11.1 Å². The van der Waals surface area contributed by atoms with Crippen LogP contribution in [0.25, 0.3) is 0 Å². The van der Waals surface area contributed by atoms with E-state index in [0.717, 1.165) is 39.1 Å². The summed E-state index contributed by atoms with van der Waals surface area (Å²) in [6, 6.07) is -0.493. The molecule has 0 aliphatic carbocycles. The molecule has 0 saturated carbocycles. The molecule has 1 rings (SSSR count). The number of nitrogens with zero attached hydrogens (tertiary/aromatic N) is 1. The van der Waals surface area contributed by atoms with Crippen LogP contribution in [0.4, 0.5) is 0 Å². The summed E-state index contributed by atoms with van der Waals surface area (Å²) in [4.78, 5) is 14.1. The molecule has 18 heavy (non-hydrogen) atoms. The molecule has 1 aliphatic heterocycles. The lowest BCUT2D eigenvalue weighted by atomic mass is 10.1. The van der Waals surface area contributed by atoms with Crippen molar-refractivity contribution >= 4 is 5.97 Å². The molecule has 0 spiro atoms. The molecular weight excluding hydrogens is 230 g/mol. The molecule has 1 saturated heterocycles. The van der Waals surface area contributed by atoms with Crippen molar-refractivity contribution < 1.29 is 9.53 Å². The molecule has 0 bridgehead atoms. The monoisotopic (exact) mass is 257 g/mol. The Bertz CT molecular complexity index is 257. The third-order valence-corrected chi connectivity index (χ3v) is 2.91. The quantitative estimate of drug-likeness (QED) is 0.695. The Kier molecular flexibility index (Phi) is 6.05. The second kappa shape index (κ2) is 7.07. The number of nitrogens with one attached hydrogen (secondary N) is 1. The summed E-state index contributed by atoms with van der Waals surface area (Å²) in [6.45, 7) is 10.9. The molecule has 0 amide bonds. The van der Waals surface area contributed by atoms with E-state index < -0.39 is 11.6 Å². The normalized spacial score (nSPS) is 19.6. The van der Waals surface area contributed by atoms with E-state index in [2.05, 4.69) is 10.2 Å². The van der Waals surface area contributed by atoms with Crippen molar-refractivity contribution in [3.63, 3.8) is 0 Å². The third kappa shape index (κ3) is 6.33. The Labute approximate surface area is 110 Å². The van der Waals surface area contributed by atoms with Gasteiger partial charge in [-0.15, -0.1) is 0 Å². The van der Waals surface area contributed by atoms with Crippen LogP contribution in [0.2, 0.25) is 0 Å². The molecule has 0 aromatic carbocycles. The molecule has 5 nitrogen and oxygen atoms in total. The Hall–Kier alpha value is -0.650. The molecule has 1 aliphatic rings. The fourth-order valence-corrected chi connectivity index (χ4v) is 1.96. The number of ether oxygens (including phenoxy) is 1. The van der Waals surface area contributed by atoms with E-state index in [9.17, 15) is 4.79 Å². The van der Waals surface area contributed by atoms with Gasteiger partial charge in [0.05, 0.1) is 0 Å². The highest BCUT2D eigenvalue weighted by atomic mass is 16.6. The number of carbonyl (C=O) groups excluding carboxylic acids is 1. The van der Waals surface area contributed by atoms with Gasteiger partial charge in [0.1, 0.15) is 11.6 Å². The van der Waals surface area contributed by atoms with Gasteiger partial charge in [0.15, 0.2) is 0 Å². The average molecular weight is 257 g/mol. The van der Waals surface area contributed by atoms with Crippen LogP contribution in [0.15, 0.2) is 0 Å². The average Bonchev–Trinajstić information content (AvgIpc) is 2.28. The summed E-state index contributed by atoms with van der Waals surface area (Å²) >= 11 is 0. The maximum absolute atomic E-state index is 11.7. The smallest absolute Gasteiger partial charge is 0.323 e. The number of hydrogen-bond acceptors (Lipinski definition) is 5. The van der Waals surface area contributed by atoms with Gasteiger partial charge in [-0.1, -0.05) is 0 Å². The number of rotatable bonds is 5. The number of piperazine rings is 1. The van der Waals surface area contributed by atoms with Crippen LogP contribution in [-0.2, 0) is 9.53 Å². The number of carbonyl (C=O) groups is 1. The van der Waals surface area contributed by atoms with E-state index in [4.69, 9.17) is 10.5 Å². The predicted octanol–water partition coefficient (Wildman–Crippen LogP) is 0.341. The largest absolute Gasteiger partial charge is 0.459 e. The summed E-state index contributed by atoms with van der Waals surface area (Å²) in [5, 5.41) is 3.32. The molecule has 0 unspecified atom stereocenters. The maximum atomic E-state index is 11.7.